The van der Waals surface area contributed by atoms with E-state index in [4.69, 9.17) is 21.5 Å². The van der Waals surface area contributed by atoms with Crippen molar-refractivity contribution in [2.45, 2.75) is 45.3 Å². The summed E-state index contributed by atoms with van der Waals surface area (Å²) in [6.45, 7) is 10.5. The molecule has 4 rings (SSSR count). The molecule has 0 aliphatic carbocycles. The highest BCUT2D eigenvalue weighted by molar-refractivity contribution is 7.12. The lowest BCUT2D eigenvalue weighted by Crippen LogP contribution is -2.30. The molecular formula is C29H32ClF3N2O3S. The number of likely N-dealkylation sites (tertiary alicyclic amines) is 1. The monoisotopic (exact) mass is 580 g/mol. The first-order valence-corrected chi connectivity index (χ1v) is 13.7. The zero-order valence-corrected chi connectivity index (χ0v) is 23.6. The van der Waals surface area contributed by atoms with E-state index in [-0.39, 0.29) is 11.3 Å². The molecule has 1 aliphatic heterocycles. The standard InChI is InChI=1S/C27H31ClN2OS.C2HF3O2/c1-27(2,3)23-9-7-19(8-10-23)16-30-12-11-20(17-30)15-29-26(31)25-14-22(18-32-25)21-5-4-6-24(28)13-21;3-2(4,5)1(6)7/h4-10,13-14,18,20H,11-12,15-17H2,1-3H3,(H,29,31);(H,6,7). The molecule has 10 heteroatoms. The predicted molar refractivity (Wildman–Crippen MR) is 149 cm³/mol. The average Bonchev–Trinajstić information content (AvgIpc) is 3.52. The van der Waals surface area contributed by atoms with Gasteiger partial charge in [0.25, 0.3) is 5.91 Å². The fourth-order valence-electron chi connectivity index (χ4n) is 4.19. The Kier molecular flexibility index (Phi) is 10.2. The summed E-state index contributed by atoms with van der Waals surface area (Å²) in [6, 6.07) is 18.7. The van der Waals surface area contributed by atoms with E-state index in [9.17, 15) is 18.0 Å². The average molecular weight is 581 g/mol. The summed E-state index contributed by atoms with van der Waals surface area (Å²) in [5, 5.41) is 13.0. The maximum absolute atomic E-state index is 12.7. The van der Waals surface area contributed by atoms with Crippen LogP contribution in [0.25, 0.3) is 11.1 Å². The smallest absolute Gasteiger partial charge is 0.475 e. The molecule has 1 atom stereocenters. The van der Waals surface area contributed by atoms with Crippen molar-refractivity contribution in [1.29, 1.82) is 0 Å². The number of thiophene rings is 1. The van der Waals surface area contributed by atoms with Crippen LogP contribution in [0.1, 0.15) is 48.0 Å². The zero-order chi connectivity index (χ0) is 28.8. The Labute approximate surface area is 235 Å². The number of benzene rings is 2. The first-order chi connectivity index (χ1) is 18.2. The number of hydrogen-bond acceptors (Lipinski definition) is 4. The van der Waals surface area contributed by atoms with Crippen LogP contribution >= 0.6 is 22.9 Å². The largest absolute Gasteiger partial charge is 0.490 e. The van der Waals surface area contributed by atoms with Crippen molar-refractivity contribution >= 4 is 34.8 Å². The molecule has 1 saturated heterocycles. The lowest BCUT2D eigenvalue weighted by Gasteiger charge is -2.20. The van der Waals surface area contributed by atoms with E-state index in [1.54, 1.807) is 0 Å². The molecule has 3 aromatic rings. The zero-order valence-electron chi connectivity index (χ0n) is 22.0. The van der Waals surface area contributed by atoms with E-state index >= 15 is 0 Å². The Morgan fingerprint density at radius 2 is 1.74 bits per heavy atom. The number of nitrogens with zero attached hydrogens (tertiary/aromatic N) is 1. The van der Waals surface area contributed by atoms with Gasteiger partial charge in [-0.25, -0.2) is 4.79 Å². The maximum atomic E-state index is 12.7. The summed E-state index contributed by atoms with van der Waals surface area (Å²) in [6.07, 6.45) is -3.96. The van der Waals surface area contributed by atoms with Gasteiger partial charge in [-0.05, 0) is 70.1 Å². The van der Waals surface area contributed by atoms with E-state index in [0.717, 1.165) is 48.6 Å². The lowest BCUT2D eigenvalue weighted by atomic mass is 9.87. The van der Waals surface area contributed by atoms with Gasteiger partial charge in [0.15, 0.2) is 0 Å². The first-order valence-electron chi connectivity index (χ1n) is 12.5. The van der Waals surface area contributed by atoms with Crippen LogP contribution in [-0.4, -0.2) is 47.7 Å². The highest BCUT2D eigenvalue weighted by Gasteiger charge is 2.38. The molecule has 1 amide bonds. The number of amides is 1. The highest BCUT2D eigenvalue weighted by Crippen LogP contribution is 2.28. The second-order valence-corrected chi connectivity index (χ2v) is 11.9. The molecule has 2 heterocycles. The number of hydrogen-bond donors (Lipinski definition) is 2. The first kappa shape index (κ1) is 30.7. The fourth-order valence-corrected chi connectivity index (χ4v) is 5.21. The Hall–Kier alpha value is -2.88. The van der Waals surface area contributed by atoms with Crippen LogP contribution in [0.2, 0.25) is 5.02 Å². The summed E-state index contributed by atoms with van der Waals surface area (Å²) in [5.74, 6) is -2.24. The lowest BCUT2D eigenvalue weighted by molar-refractivity contribution is -0.192. The molecule has 5 nitrogen and oxygen atoms in total. The Morgan fingerprint density at radius 1 is 1.08 bits per heavy atom. The fraction of sp³-hybridized carbons (Fsp3) is 0.379. The van der Waals surface area contributed by atoms with E-state index in [1.807, 2.05) is 35.7 Å². The Bertz CT molecular complexity index is 1270. The molecule has 0 spiro atoms. The summed E-state index contributed by atoms with van der Waals surface area (Å²) in [4.78, 5) is 24.8. The number of carbonyl (C=O) groups is 2. The number of carboxylic acids is 1. The van der Waals surface area contributed by atoms with Crippen molar-refractivity contribution in [2.75, 3.05) is 19.6 Å². The van der Waals surface area contributed by atoms with Gasteiger partial charge in [0.05, 0.1) is 4.88 Å². The second-order valence-electron chi connectivity index (χ2n) is 10.6. The third-order valence-corrected chi connectivity index (χ3v) is 7.54. The van der Waals surface area contributed by atoms with Crippen molar-refractivity contribution in [3.05, 3.63) is 81.0 Å². The maximum Gasteiger partial charge on any atom is 0.490 e. The van der Waals surface area contributed by atoms with Gasteiger partial charge in [0.1, 0.15) is 0 Å². The molecule has 2 N–H and O–H groups in total. The van der Waals surface area contributed by atoms with Crippen LogP contribution in [0, 0.1) is 5.92 Å². The minimum absolute atomic E-state index is 0.0134. The van der Waals surface area contributed by atoms with Crippen LogP contribution in [0.15, 0.2) is 60.0 Å². The van der Waals surface area contributed by atoms with Gasteiger partial charge in [-0.3, -0.25) is 9.69 Å². The molecule has 0 radical (unpaired) electrons. The molecule has 2 aromatic carbocycles. The second kappa shape index (κ2) is 13.0. The predicted octanol–water partition coefficient (Wildman–Crippen LogP) is 7.25. The number of rotatable bonds is 6. The van der Waals surface area contributed by atoms with E-state index in [0.29, 0.717) is 10.9 Å². The van der Waals surface area contributed by atoms with Crippen molar-refractivity contribution < 1.29 is 27.9 Å². The summed E-state index contributed by atoms with van der Waals surface area (Å²) in [5.41, 5.74) is 4.99. The molecular weight excluding hydrogens is 549 g/mol. The number of nitrogens with one attached hydrogen (secondary N) is 1. The summed E-state index contributed by atoms with van der Waals surface area (Å²) < 4.78 is 31.7. The van der Waals surface area contributed by atoms with Crippen molar-refractivity contribution in [3.63, 3.8) is 0 Å². The number of alkyl halides is 3. The molecule has 1 aliphatic rings. The minimum atomic E-state index is -5.08. The van der Waals surface area contributed by atoms with Crippen LogP contribution in [0.4, 0.5) is 13.2 Å². The van der Waals surface area contributed by atoms with E-state index in [1.165, 1.54) is 22.5 Å². The van der Waals surface area contributed by atoms with Crippen molar-refractivity contribution in [1.82, 2.24) is 10.2 Å². The van der Waals surface area contributed by atoms with Gasteiger partial charge in [-0.1, -0.05) is 68.8 Å². The van der Waals surface area contributed by atoms with E-state index < -0.39 is 12.1 Å². The van der Waals surface area contributed by atoms with Crippen molar-refractivity contribution in [3.8, 4) is 11.1 Å². The van der Waals surface area contributed by atoms with Gasteiger partial charge in [0.2, 0.25) is 0 Å². The SMILES string of the molecule is CC(C)(C)c1ccc(CN2CCC(CNC(=O)c3cc(-c4cccc(Cl)c4)cs3)C2)cc1.O=C(O)C(F)(F)F. The number of aliphatic carboxylic acids is 1. The summed E-state index contributed by atoms with van der Waals surface area (Å²) >= 11 is 7.57. The van der Waals surface area contributed by atoms with Gasteiger partial charge in [0, 0.05) is 24.7 Å². The molecule has 39 heavy (non-hydrogen) atoms. The molecule has 0 saturated carbocycles. The van der Waals surface area contributed by atoms with E-state index in [2.05, 4.69) is 55.3 Å². The molecule has 1 unspecified atom stereocenters. The third kappa shape index (κ3) is 9.37. The minimum Gasteiger partial charge on any atom is -0.475 e. The highest BCUT2D eigenvalue weighted by atomic mass is 35.5. The molecule has 1 aromatic heterocycles. The van der Waals surface area contributed by atoms with Gasteiger partial charge < -0.3 is 10.4 Å². The van der Waals surface area contributed by atoms with Gasteiger partial charge in [-0.2, -0.15) is 13.2 Å². The topological polar surface area (TPSA) is 69.6 Å². The van der Waals surface area contributed by atoms with Gasteiger partial charge >= 0.3 is 12.1 Å². The molecule has 1 fully saturated rings. The van der Waals surface area contributed by atoms with Crippen molar-refractivity contribution in [2.24, 2.45) is 5.92 Å². The normalized spacial score (nSPS) is 15.9. The van der Waals surface area contributed by atoms with Crippen LogP contribution < -0.4 is 5.32 Å². The Morgan fingerprint density at radius 3 is 2.33 bits per heavy atom. The Balaban J connectivity index is 0.000000532. The molecule has 0 bridgehead atoms. The number of carbonyl (C=O) groups excluding carboxylic acids is 1. The summed E-state index contributed by atoms with van der Waals surface area (Å²) in [7, 11) is 0. The number of halogens is 4. The van der Waals surface area contributed by atoms with Crippen LogP contribution in [0.3, 0.4) is 0 Å². The third-order valence-electron chi connectivity index (χ3n) is 6.37. The van der Waals surface area contributed by atoms with Crippen LogP contribution in [-0.2, 0) is 16.8 Å². The number of carboxylic acid groups (broad SMARTS) is 1. The van der Waals surface area contributed by atoms with Crippen LogP contribution in [0.5, 0.6) is 0 Å². The quantitative estimate of drug-likeness (QED) is 0.322. The molecule has 210 valence electrons. The van der Waals surface area contributed by atoms with Gasteiger partial charge in [-0.15, -0.1) is 11.3 Å².